The highest BCUT2D eigenvalue weighted by Gasteiger charge is 2.38. The second kappa shape index (κ2) is 7.68. The minimum Gasteiger partial charge on any atom is -0.475 e. The van der Waals surface area contributed by atoms with Crippen molar-refractivity contribution in [3.63, 3.8) is 0 Å². The van der Waals surface area contributed by atoms with Crippen LogP contribution in [0.1, 0.15) is 23.2 Å². The molecule has 1 aliphatic heterocycles. The second-order valence-corrected chi connectivity index (χ2v) is 5.83. The quantitative estimate of drug-likeness (QED) is 0.823. The maximum absolute atomic E-state index is 12.2. The number of nitrogens with two attached hydrogens (primary N) is 1. The van der Waals surface area contributed by atoms with Crippen LogP contribution in [0.5, 0.6) is 0 Å². The van der Waals surface area contributed by atoms with Gasteiger partial charge in [0.25, 0.3) is 5.91 Å². The number of hydrogen-bond acceptors (Lipinski definition) is 5. The van der Waals surface area contributed by atoms with Gasteiger partial charge in [-0.15, -0.1) is 0 Å². The number of carbonyl (C=O) groups is 2. The van der Waals surface area contributed by atoms with Gasteiger partial charge in [-0.2, -0.15) is 13.2 Å². The Kier molecular flexibility index (Phi) is 5.83. The molecular formula is C15H19F3N4O3. The van der Waals surface area contributed by atoms with Crippen molar-refractivity contribution < 1.29 is 27.9 Å². The van der Waals surface area contributed by atoms with Crippen LogP contribution in [0.4, 0.5) is 19.0 Å². The number of alkyl halides is 3. The summed E-state index contributed by atoms with van der Waals surface area (Å²) in [6.07, 6.45) is -0.864. The smallest absolute Gasteiger partial charge is 0.475 e. The van der Waals surface area contributed by atoms with Gasteiger partial charge in [0.1, 0.15) is 5.82 Å². The highest BCUT2D eigenvalue weighted by molar-refractivity contribution is 5.94. The summed E-state index contributed by atoms with van der Waals surface area (Å²) in [5.41, 5.74) is 6.15. The number of pyridine rings is 1. The normalized spacial score (nSPS) is 18.3. The van der Waals surface area contributed by atoms with Crippen molar-refractivity contribution in [2.75, 3.05) is 31.9 Å². The Morgan fingerprint density at radius 2 is 1.72 bits per heavy atom. The highest BCUT2D eigenvalue weighted by atomic mass is 19.4. The number of piperazine rings is 1. The zero-order valence-electron chi connectivity index (χ0n) is 13.4. The van der Waals surface area contributed by atoms with Gasteiger partial charge in [-0.3, -0.25) is 9.69 Å². The molecule has 25 heavy (non-hydrogen) atoms. The van der Waals surface area contributed by atoms with Gasteiger partial charge in [-0.05, 0) is 25.0 Å². The van der Waals surface area contributed by atoms with Crippen LogP contribution in [-0.2, 0) is 4.79 Å². The van der Waals surface area contributed by atoms with Crippen LogP contribution < -0.4 is 5.73 Å². The number of aliphatic carboxylic acids is 1. The summed E-state index contributed by atoms with van der Waals surface area (Å²) in [7, 11) is 0. The predicted molar refractivity (Wildman–Crippen MR) is 82.8 cm³/mol. The molecule has 2 aliphatic rings. The number of rotatable bonds is 2. The molecule has 1 aromatic heterocycles. The number of carbonyl (C=O) groups excluding carboxylic acids is 1. The Balaban J connectivity index is 0.000000277. The van der Waals surface area contributed by atoms with Crippen LogP contribution >= 0.6 is 0 Å². The number of nitrogen functional groups attached to an aromatic ring is 1. The SMILES string of the molecule is Nc1ccc(C(=O)N2CCN(C3CC3)CC2)cn1.O=C(O)C(F)(F)F. The number of nitrogens with zero attached hydrogens (tertiary/aromatic N) is 3. The summed E-state index contributed by atoms with van der Waals surface area (Å²) in [5, 5.41) is 7.12. The zero-order chi connectivity index (χ0) is 18.6. The molecule has 1 aliphatic carbocycles. The van der Waals surface area contributed by atoms with Crippen molar-refractivity contribution in [2.24, 2.45) is 0 Å². The van der Waals surface area contributed by atoms with E-state index >= 15 is 0 Å². The van der Waals surface area contributed by atoms with Gasteiger partial charge in [0.15, 0.2) is 0 Å². The molecule has 1 saturated carbocycles. The van der Waals surface area contributed by atoms with Crippen molar-refractivity contribution in [3.05, 3.63) is 23.9 Å². The van der Waals surface area contributed by atoms with E-state index in [0.717, 1.165) is 32.2 Å². The maximum Gasteiger partial charge on any atom is 0.490 e. The molecule has 0 atom stereocenters. The van der Waals surface area contributed by atoms with Gasteiger partial charge in [-0.25, -0.2) is 9.78 Å². The van der Waals surface area contributed by atoms with Crippen LogP contribution in [0.2, 0.25) is 0 Å². The molecule has 0 aromatic carbocycles. The number of carboxylic acid groups (broad SMARTS) is 1. The molecule has 3 rings (SSSR count). The third kappa shape index (κ3) is 5.59. The number of carboxylic acids is 1. The van der Waals surface area contributed by atoms with Crippen molar-refractivity contribution >= 4 is 17.7 Å². The zero-order valence-corrected chi connectivity index (χ0v) is 13.4. The third-order valence-corrected chi connectivity index (χ3v) is 3.94. The van der Waals surface area contributed by atoms with E-state index < -0.39 is 12.1 Å². The van der Waals surface area contributed by atoms with Gasteiger partial charge in [0.05, 0.1) is 5.56 Å². The molecule has 2 fully saturated rings. The molecule has 138 valence electrons. The molecule has 7 nitrogen and oxygen atoms in total. The van der Waals surface area contributed by atoms with E-state index in [1.807, 2.05) is 4.90 Å². The number of anilines is 1. The van der Waals surface area contributed by atoms with E-state index in [1.54, 1.807) is 18.3 Å². The van der Waals surface area contributed by atoms with Crippen molar-refractivity contribution in [1.82, 2.24) is 14.8 Å². The molecular weight excluding hydrogens is 341 g/mol. The molecule has 2 heterocycles. The molecule has 0 unspecified atom stereocenters. The lowest BCUT2D eigenvalue weighted by Gasteiger charge is -2.34. The summed E-state index contributed by atoms with van der Waals surface area (Å²) >= 11 is 0. The molecule has 1 amide bonds. The Bertz CT molecular complexity index is 609. The molecule has 10 heteroatoms. The van der Waals surface area contributed by atoms with Crippen LogP contribution in [0.15, 0.2) is 18.3 Å². The van der Waals surface area contributed by atoms with Gasteiger partial charge < -0.3 is 15.7 Å². The summed E-state index contributed by atoms with van der Waals surface area (Å²) < 4.78 is 31.7. The monoisotopic (exact) mass is 360 g/mol. The first-order valence-corrected chi connectivity index (χ1v) is 7.73. The Hall–Kier alpha value is -2.36. The van der Waals surface area contributed by atoms with Crippen molar-refractivity contribution in [2.45, 2.75) is 25.1 Å². The lowest BCUT2D eigenvalue weighted by Crippen LogP contribution is -2.49. The van der Waals surface area contributed by atoms with E-state index in [9.17, 15) is 18.0 Å². The summed E-state index contributed by atoms with van der Waals surface area (Å²) in [6, 6.07) is 4.21. The Labute approximate surface area is 142 Å². The first kappa shape index (κ1) is 19.0. The third-order valence-electron chi connectivity index (χ3n) is 3.94. The average molecular weight is 360 g/mol. The van der Waals surface area contributed by atoms with E-state index in [0.29, 0.717) is 11.4 Å². The fraction of sp³-hybridized carbons (Fsp3) is 0.533. The molecule has 0 spiro atoms. The molecule has 0 radical (unpaired) electrons. The van der Waals surface area contributed by atoms with E-state index in [2.05, 4.69) is 9.88 Å². The van der Waals surface area contributed by atoms with Gasteiger partial charge in [0.2, 0.25) is 0 Å². The molecule has 1 aromatic rings. The van der Waals surface area contributed by atoms with Gasteiger partial charge in [0, 0.05) is 38.4 Å². The van der Waals surface area contributed by atoms with E-state index in [1.165, 1.54) is 12.8 Å². The lowest BCUT2D eigenvalue weighted by molar-refractivity contribution is -0.192. The van der Waals surface area contributed by atoms with Crippen LogP contribution in [0.25, 0.3) is 0 Å². The van der Waals surface area contributed by atoms with Crippen molar-refractivity contribution in [1.29, 1.82) is 0 Å². The molecule has 1 saturated heterocycles. The van der Waals surface area contributed by atoms with Crippen LogP contribution in [0.3, 0.4) is 0 Å². The van der Waals surface area contributed by atoms with E-state index in [-0.39, 0.29) is 5.91 Å². The number of amides is 1. The predicted octanol–water partition coefficient (Wildman–Crippen LogP) is 1.22. The summed E-state index contributed by atoms with van der Waals surface area (Å²) in [5.74, 6) is -2.24. The lowest BCUT2D eigenvalue weighted by atomic mass is 10.2. The maximum atomic E-state index is 12.2. The minimum absolute atomic E-state index is 0.0675. The minimum atomic E-state index is -5.08. The fourth-order valence-electron chi connectivity index (χ4n) is 2.44. The van der Waals surface area contributed by atoms with Crippen LogP contribution in [-0.4, -0.2) is 70.2 Å². The number of halogens is 3. The Morgan fingerprint density at radius 1 is 1.16 bits per heavy atom. The largest absolute Gasteiger partial charge is 0.490 e. The summed E-state index contributed by atoms with van der Waals surface area (Å²) in [6.45, 7) is 3.64. The van der Waals surface area contributed by atoms with Gasteiger partial charge >= 0.3 is 12.1 Å². The van der Waals surface area contributed by atoms with Gasteiger partial charge in [-0.1, -0.05) is 0 Å². The highest BCUT2D eigenvalue weighted by Crippen LogP contribution is 2.27. The van der Waals surface area contributed by atoms with Crippen LogP contribution in [0, 0.1) is 0 Å². The Morgan fingerprint density at radius 3 is 2.12 bits per heavy atom. The number of aromatic nitrogens is 1. The first-order valence-electron chi connectivity index (χ1n) is 7.73. The van der Waals surface area contributed by atoms with E-state index in [4.69, 9.17) is 15.6 Å². The number of hydrogen-bond donors (Lipinski definition) is 2. The second-order valence-electron chi connectivity index (χ2n) is 5.83. The topological polar surface area (TPSA) is 99.8 Å². The standard InChI is InChI=1S/C13H18N4O.C2HF3O2/c14-12-4-1-10(9-15-12)13(18)17-7-5-16(6-8-17)11-2-3-11;3-2(4,5)1(6)7/h1,4,9,11H,2-3,5-8H2,(H2,14,15);(H,6,7). The van der Waals surface area contributed by atoms with Crippen molar-refractivity contribution in [3.8, 4) is 0 Å². The molecule has 3 N–H and O–H groups in total. The summed E-state index contributed by atoms with van der Waals surface area (Å²) in [4.78, 5) is 29.5. The average Bonchev–Trinajstić information content (AvgIpc) is 3.40. The first-order chi connectivity index (χ1) is 11.7. The fourth-order valence-corrected chi connectivity index (χ4v) is 2.44. The molecule has 0 bridgehead atoms.